The molecule has 38 heavy (non-hydrogen) atoms. The van der Waals surface area contributed by atoms with Crippen molar-refractivity contribution in [2.24, 2.45) is 5.41 Å². The lowest BCUT2D eigenvalue weighted by Gasteiger charge is -2.42. The third kappa shape index (κ3) is 4.32. The molecule has 0 aromatic heterocycles. The largest absolute Gasteiger partial charge is 0.390 e. The number of hydrogen-bond donors (Lipinski definition) is 3. The molecule has 204 valence electrons. The first-order valence-electron chi connectivity index (χ1n) is 13.0. The Balaban J connectivity index is 1.73. The van der Waals surface area contributed by atoms with Gasteiger partial charge in [-0.2, -0.15) is 0 Å². The van der Waals surface area contributed by atoms with E-state index in [0.717, 1.165) is 0 Å². The number of likely N-dealkylation sites (tertiary alicyclic amines) is 1. The van der Waals surface area contributed by atoms with Crippen molar-refractivity contribution in [1.82, 2.24) is 10.2 Å². The average molecular weight is 563 g/mol. The smallest absolute Gasteiger partial charge is 0.238 e. The first kappa shape index (κ1) is 27.4. The van der Waals surface area contributed by atoms with Gasteiger partial charge < -0.3 is 15.7 Å². The summed E-state index contributed by atoms with van der Waals surface area (Å²) in [6, 6.07) is 8.48. The van der Waals surface area contributed by atoms with E-state index in [1.165, 1.54) is 6.07 Å². The van der Waals surface area contributed by atoms with Crippen LogP contribution in [0.2, 0.25) is 10.0 Å². The molecule has 1 saturated heterocycles. The lowest BCUT2D eigenvalue weighted by Crippen LogP contribution is -2.57. The molecular formula is C29H34Cl2FN3O3. The molecule has 5 rings (SSSR count). The number of fused-ring (bicyclic) bond motifs is 2. The normalized spacial score (nSPS) is 32.7. The van der Waals surface area contributed by atoms with E-state index in [1.54, 1.807) is 31.2 Å². The summed E-state index contributed by atoms with van der Waals surface area (Å²) in [6.07, 6.45) is 1.44. The number of hydrogen-bond acceptors (Lipinski definition) is 4. The topological polar surface area (TPSA) is 81.7 Å². The van der Waals surface area contributed by atoms with Gasteiger partial charge in [0.15, 0.2) is 0 Å². The average Bonchev–Trinajstić information content (AvgIpc) is 3.19. The SMILES string of the molecule is CN1[C@@H](CC(C)(C)C)[C@@]2(C(=O)Nc3cc(Cl)ccc32)[C@@H](c2cccc(Cl)c2F)[C@@H]1C(=O)NC1CC(C)(O)C1. The van der Waals surface area contributed by atoms with Crippen molar-refractivity contribution >= 4 is 40.7 Å². The second kappa shape index (κ2) is 9.19. The summed E-state index contributed by atoms with van der Waals surface area (Å²) in [7, 11) is 1.84. The summed E-state index contributed by atoms with van der Waals surface area (Å²) < 4.78 is 15.9. The van der Waals surface area contributed by atoms with Gasteiger partial charge in [0.25, 0.3) is 0 Å². The Labute approximate surface area is 232 Å². The van der Waals surface area contributed by atoms with Crippen LogP contribution >= 0.6 is 23.2 Å². The predicted molar refractivity (Wildman–Crippen MR) is 147 cm³/mol. The molecule has 3 aliphatic rings. The molecule has 9 heteroatoms. The van der Waals surface area contributed by atoms with E-state index in [0.29, 0.717) is 35.5 Å². The third-order valence-corrected chi connectivity index (χ3v) is 8.95. The number of anilines is 1. The predicted octanol–water partition coefficient (Wildman–Crippen LogP) is 5.25. The third-order valence-electron chi connectivity index (χ3n) is 8.42. The molecule has 0 unspecified atom stereocenters. The van der Waals surface area contributed by atoms with Gasteiger partial charge in [0.2, 0.25) is 11.8 Å². The first-order valence-corrected chi connectivity index (χ1v) is 13.7. The Bertz CT molecular complexity index is 1300. The Morgan fingerprint density at radius 1 is 1.24 bits per heavy atom. The van der Waals surface area contributed by atoms with E-state index in [1.807, 2.05) is 18.0 Å². The van der Waals surface area contributed by atoms with E-state index in [9.17, 15) is 14.7 Å². The zero-order chi connectivity index (χ0) is 27.8. The quantitative estimate of drug-likeness (QED) is 0.476. The number of nitrogens with one attached hydrogen (secondary N) is 2. The number of carbonyl (C=O) groups is 2. The van der Waals surface area contributed by atoms with Crippen molar-refractivity contribution in [2.75, 3.05) is 12.4 Å². The van der Waals surface area contributed by atoms with Crippen LogP contribution in [-0.2, 0) is 15.0 Å². The molecule has 0 bridgehead atoms. The van der Waals surface area contributed by atoms with Crippen molar-refractivity contribution in [3.8, 4) is 0 Å². The lowest BCUT2D eigenvalue weighted by molar-refractivity contribution is -0.129. The number of amides is 2. The monoisotopic (exact) mass is 561 g/mol. The molecule has 1 spiro atoms. The van der Waals surface area contributed by atoms with Gasteiger partial charge in [0.05, 0.1) is 16.7 Å². The van der Waals surface area contributed by atoms with Gasteiger partial charge in [-0.1, -0.05) is 62.2 Å². The molecule has 1 aliphatic carbocycles. The van der Waals surface area contributed by atoms with Crippen molar-refractivity contribution in [3.05, 3.63) is 63.4 Å². The molecule has 2 aromatic rings. The lowest BCUT2D eigenvalue weighted by atomic mass is 9.62. The van der Waals surface area contributed by atoms with Gasteiger partial charge in [-0.05, 0) is 68.0 Å². The van der Waals surface area contributed by atoms with Gasteiger partial charge >= 0.3 is 0 Å². The number of nitrogens with zero attached hydrogens (tertiary/aromatic N) is 1. The molecule has 2 amide bonds. The highest BCUT2D eigenvalue weighted by atomic mass is 35.5. The fourth-order valence-electron chi connectivity index (χ4n) is 6.96. The van der Waals surface area contributed by atoms with Crippen molar-refractivity contribution < 1.29 is 19.1 Å². The van der Waals surface area contributed by atoms with Crippen molar-refractivity contribution in [2.45, 2.75) is 82.0 Å². The summed E-state index contributed by atoms with van der Waals surface area (Å²) in [5, 5.41) is 16.7. The summed E-state index contributed by atoms with van der Waals surface area (Å²) >= 11 is 12.6. The molecule has 2 heterocycles. The Morgan fingerprint density at radius 2 is 1.92 bits per heavy atom. The van der Waals surface area contributed by atoms with Crippen LogP contribution < -0.4 is 10.6 Å². The fourth-order valence-corrected chi connectivity index (χ4v) is 7.32. The fraction of sp³-hybridized carbons (Fsp3) is 0.517. The van der Waals surface area contributed by atoms with Crippen LogP contribution in [0.3, 0.4) is 0 Å². The molecule has 2 aliphatic heterocycles. The Hall–Kier alpha value is -2.19. The van der Waals surface area contributed by atoms with E-state index < -0.39 is 34.8 Å². The number of carbonyl (C=O) groups excluding carboxylic acids is 2. The van der Waals surface area contributed by atoms with Gasteiger partial charge in [-0.25, -0.2) is 4.39 Å². The molecule has 2 aromatic carbocycles. The van der Waals surface area contributed by atoms with E-state index in [4.69, 9.17) is 23.2 Å². The maximum atomic E-state index is 15.9. The molecule has 3 N–H and O–H groups in total. The molecule has 1 saturated carbocycles. The zero-order valence-electron chi connectivity index (χ0n) is 22.2. The second-order valence-corrected chi connectivity index (χ2v) is 13.5. The van der Waals surface area contributed by atoms with Crippen LogP contribution in [0.4, 0.5) is 10.1 Å². The first-order chi connectivity index (χ1) is 17.7. The van der Waals surface area contributed by atoms with Crippen molar-refractivity contribution in [3.63, 3.8) is 0 Å². The summed E-state index contributed by atoms with van der Waals surface area (Å²) in [6.45, 7) is 8.00. The summed E-state index contributed by atoms with van der Waals surface area (Å²) in [5.41, 5.74) is -0.827. The number of likely N-dealkylation sites (N-methyl/N-ethyl adjacent to an activating group) is 1. The number of aliphatic hydroxyl groups is 1. The Kier molecular flexibility index (Phi) is 6.62. The van der Waals surface area contributed by atoms with Crippen LogP contribution in [0.5, 0.6) is 0 Å². The van der Waals surface area contributed by atoms with E-state index in [2.05, 4.69) is 31.4 Å². The standard InChI is InChI=1S/C29H34Cl2FN3O3/c1-27(2,3)14-21-29(18-10-9-15(30)11-20(18)34-26(29)37)22(17-7-6-8-19(31)23(17)32)24(35(21)5)25(36)33-16-12-28(4,38)13-16/h6-11,16,21-22,24,38H,12-14H2,1-5H3,(H,33,36)(H,34,37)/t16?,21-,22-,24+,28?,29+/m0/s1. The van der Waals surface area contributed by atoms with Crippen LogP contribution in [0.1, 0.15) is 64.0 Å². The number of rotatable bonds is 4. The number of halogens is 3. The van der Waals surface area contributed by atoms with Gasteiger partial charge in [0.1, 0.15) is 11.2 Å². The number of benzene rings is 2. The van der Waals surface area contributed by atoms with Gasteiger partial charge in [-0.3, -0.25) is 14.5 Å². The minimum atomic E-state index is -1.28. The second-order valence-electron chi connectivity index (χ2n) is 12.6. The summed E-state index contributed by atoms with van der Waals surface area (Å²) in [4.78, 5) is 30.2. The van der Waals surface area contributed by atoms with Crippen molar-refractivity contribution in [1.29, 1.82) is 0 Å². The van der Waals surface area contributed by atoms with E-state index >= 15 is 4.39 Å². The van der Waals surface area contributed by atoms with Gasteiger partial charge in [-0.15, -0.1) is 0 Å². The van der Waals surface area contributed by atoms with Crippen LogP contribution in [0.25, 0.3) is 0 Å². The minimum absolute atomic E-state index is 0.0662. The Morgan fingerprint density at radius 3 is 2.55 bits per heavy atom. The zero-order valence-corrected chi connectivity index (χ0v) is 23.8. The molecule has 6 nitrogen and oxygen atoms in total. The maximum Gasteiger partial charge on any atom is 0.238 e. The summed E-state index contributed by atoms with van der Waals surface area (Å²) in [5.74, 6) is -2.10. The molecule has 0 radical (unpaired) electrons. The van der Waals surface area contributed by atoms with Crippen LogP contribution in [-0.4, -0.2) is 52.6 Å². The molecular weight excluding hydrogens is 528 g/mol. The molecule has 2 fully saturated rings. The highest BCUT2D eigenvalue weighted by molar-refractivity contribution is 6.31. The maximum absolute atomic E-state index is 15.9. The van der Waals surface area contributed by atoms with Crippen LogP contribution in [0, 0.1) is 11.2 Å². The minimum Gasteiger partial charge on any atom is -0.390 e. The highest BCUT2D eigenvalue weighted by Gasteiger charge is 2.68. The van der Waals surface area contributed by atoms with E-state index in [-0.39, 0.29) is 33.9 Å². The van der Waals surface area contributed by atoms with Crippen LogP contribution in [0.15, 0.2) is 36.4 Å². The molecule has 4 atom stereocenters. The highest BCUT2D eigenvalue weighted by Crippen LogP contribution is 2.60. The van der Waals surface area contributed by atoms with Gasteiger partial charge in [0, 0.05) is 28.7 Å².